The number of alkyl halides is 3. The van der Waals surface area contributed by atoms with Crippen molar-refractivity contribution in [2.45, 2.75) is 37.4 Å². The molecule has 0 saturated heterocycles. The molecular formula is C12H13ClF3N. The fourth-order valence-corrected chi connectivity index (χ4v) is 2.00. The van der Waals surface area contributed by atoms with Gasteiger partial charge in [-0.25, -0.2) is 0 Å². The minimum atomic E-state index is -4.34. The van der Waals surface area contributed by atoms with Crippen molar-refractivity contribution in [1.82, 2.24) is 0 Å². The van der Waals surface area contributed by atoms with Crippen molar-refractivity contribution in [3.8, 4) is 0 Å². The van der Waals surface area contributed by atoms with Crippen LogP contribution in [0.2, 0.25) is 5.02 Å². The highest BCUT2D eigenvalue weighted by Crippen LogP contribution is 2.38. The predicted molar refractivity (Wildman–Crippen MR) is 60.9 cm³/mol. The summed E-state index contributed by atoms with van der Waals surface area (Å²) in [6.45, 7) is 0. The van der Waals surface area contributed by atoms with E-state index >= 15 is 0 Å². The number of aryl methyl sites for hydroxylation is 1. The van der Waals surface area contributed by atoms with E-state index in [2.05, 4.69) is 0 Å². The Hall–Kier alpha value is -0.740. The van der Waals surface area contributed by atoms with E-state index in [4.69, 9.17) is 17.3 Å². The molecule has 0 amide bonds. The summed E-state index contributed by atoms with van der Waals surface area (Å²) >= 11 is 5.84. The number of hydrogen-bond acceptors (Lipinski definition) is 1. The molecule has 0 aliphatic heterocycles. The first-order valence-corrected chi connectivity index (χ1v) is 5.82. The van der Waals surface area contributed by atoms with Gasteiger partial charge in [-0.15, -0.1) is 0 Å². The van der Waals surface area contributed by atoms with Crippen LogP contribution < -0.4 is 5.73 Å². The van der Waals surface area contributed by atoms with Gasteiger partial charge in [0.1, 0.15) is 0 Å². The summed E-state index contributed by atoms with van der Waals surface area (Å²) in [5, 5.41) is 0.170. The Bertz CT molecular complexity index is 424. The number of halogens is 4. The standard InChI is InChI=1S/C12H13ClF3N/c13-10-7-9(12(14,15)16)2-1-8(10)3-4-11(17)5-6-11/h1-2,7H,3-6,17H2. The van der Waals surface area contributed by atoms with Crippen molar-refractivity contribution in [2.75, 3.05) is 0 Å². The Labute approximate surface area is 103 Å². The molecule has 1 nitrogen and oxygen atoms in total. The van der Waals surface area contributed by atoms with E-state index in [1.54, 1.807) is 0 Å². The summed E-state index contributed by atoms with van der Waals surface area (Å²) in [6, 6.07) is 3.49. The zero-order valence-corrected chi connectivity index (χ0v) is 9.91. The molecule has 1 aromatic carbocycles. The Kier molecular flexibility index (Phi) is 3.12. The van der Waals surface area contributed by atoms with Crippen molar-refractivity contribution in [2.24, 2.45) is 5.73 Å². The van der Waals surface area contributed by atoms with Crippen LogP contribution in [0.4, 0.5) is 13.2 Å². The van der Waals surface area contributed by atoms with E-state index in [9.17, 15) is 13.2 Å². The molecule has 0 heterocycles. The topological polar surface area (TPSA) is 26.0 Å². The van der Waals surface area contributed by atoms with E-state index in [1.807, 2.05) is 0 Å². The predicted octanol–water partition coefficient (Wildman–Crippen LogP) is 3.78. The van der Waals surface area contributed by atoms with Crippen LogP contribution in [0.3, 0.4) is 0 Å². The molecule has 2 N–H and O–H groups in total. The lowest BCUT2D eigenvalue weighted by atomic mass is 10.0. The fraction of sp³-hybridized carbons (Fsp3) is 0.500. The first-order valence-electron chi connectivity index (χ1n) is 5.45. The third-order valence-corrected chi connectivity index (χ3v) is 3.52. The highest BCUT2D eigenvalue weighted by Gasteiger charge is 2.37. The van der Waals surface area contributed by atoms with Crippen molar-refractivity contribution in [3.63, 3.8) is 0 Å². The first kappa shape index (κ1) is 12.7. The second-order valence-electron chi connectivity index (χ2n) is 4.67. The highest BCUT2D eigenvalue weighted by atomic mass is 35.5. The molecule has 1 aromatic rings. The van der Waals surface area contributed by atoms with Crippen LogP contribution in [0.15, 0.2) is 18.2 Å². The molecule has 5 heteroatoms. The molecule has 0 unspecified atom stereocenters. The lowest BCUT2D eigenvalue weighted by Gasteiger charge is -2.12. The van der Waals surface area contributed by atoms with Gasteiger partial charge in [0.25, 0.3) is 0 Å². The van der Waals surface area contributed by atoms with Crippen molar-refractivity contribution >= 4 is 11.6 Å². The van der Waals surface area contributed by atoms with Crippen LogP contribution >= 0.6 is 11.6 Å². The molecule has 0 radical (unpaired) electrons. The van der Waals surface area contributed by atoms with E-state index in [-0.39, 0.29) is 10.6 Å². The first-order chi connectivity index (χ1) is 7.80. The van der Waals surface area contributed by atoms with Gasteiger partial charge in [-0.3, -0.25) is 0 Å². The average Bonchev–Trinajstić information content (AvgIpc) is 2.94. The summed E-state index contributed by atoms with van der Waals surface area (Å²) in [5.41, 5.74) is 5.84. The molecule has 0 spiro atoms. The van der Waals surface area contributed by atoms with Gasteiger partial charge in [-0.05, 0) is 43.4 Å². The Balaban J connectivity index is 2.09. The van der Waals surface area contributed by atoms with Crippen molar-refractivity contribution in [3.05, 3.63) is 34.3 Å². The molecule has 0 bridgehead atoms. The van der Waals surface area contributed by atoms with Crippen LogP contribution in [0.5, 0.6) is 0 Å². The minimum Gasteiger partial charge on any atom is -0.325 e. The van der Waals surface area contributed by atoms with Gasteiger partial charge in [0.15, 0.2) is 0 Å². The number of hydrogen-bond donors (Lipinski definition) is 1. The normalized spacial score (nSPS) is 18.2. The van der Waals surface area contributed by atoms with E-state index in [0.29, 0.717) is 6.42 Å². The largest absolute Gasteiger partial charge is 0.416 e. The number of rotatable bonds is 3. The zero-order valence-electron chi connectivity index (χ0n) is 9.15. The molecule has 17 heavy (non-hydrogen) atoms. The smallest absolute Gasteiger partial charge is 0.325 e. The highest BCUT2D eigenvalue weighted by molar-refractivity contribution is 6.31. The minimum absolute atomic E-state index is 0.105. The quantitative estimate of drug-likeness (QED) is 0.882. The van der Waals surface area contributed by atoms with Crippen molar-refractivity contribution < 1.29 is 13.2 Å². The van der Waals surface area contributed by atoms with Crippen LogP contribution in [0, 0.1) is 0 Å². The second kappa shape index (κ2) is 4.18. The summed E-state index contributed by atoms with van der Waals surface area (Å²) in [7, 11) is 0. The van der Waals surface area contributed by atoms with Crippen LogP contribution in [0.25, 0.3) is 0 Å². The molecule has 1 fully saturated rings. The zero-order chi connectivity index (χ0) is 12.7. The summed E-state index contributed by atoms with van der Waals surface area (Å²) in [4.78, 5) is 0. The van der Waals surface area contributed by atoms with E-state index in [0.717, 1.165) is 37.0 Å². The molecule has 1 aliphatic carbocycles. The average molecular weight is 264 g/mol. The van der Waals surface area contributed by atoms with Gasteiger partial charge >= 0.3 is 6.18 Å². The molecular weight excluding hydrogens is 251 g/mol. The van der Waals surface area contributed by atoms with Gasteiger partial charge in [-0.1, -0.05) is 17.7 Å². The maximum atomic E-state index is 12.4. The fourth-order valence-electron chi connectivity index (χ4n) is 1.72. The lowest BCUT2D eigenvalue weighted by Crippen LogP contribution is -2.22. The molecule has 1 aliphatic rings. The Morgan fingerprint density at radius 3 is 2.41 bits per heavy atom. The summed E-state index contributed by atoms with van der Waals surface area (Å²) in [5.74, 6) is 0. The second-order valence-corrected chi connectivity index (χ2v) is 5.07. The van der Waals surface area contributed by atoms with Crippen LogP contribution in [0.1, 0.15) is 30.4 Å². The van der Waals surface area contributed by atoms with E-state index in [1.165, 1.54) is 6.07 Å². The Morgan fingerprint density at radius 2 is 1.94 bits per heavy atom. The van der Waals surface area contributed by atoms with Crippen LogP contribution in [-0.2, 0) is 12.6 Å². The molecule has 2 rings (SSSR count). The van der Waals surface area contributed by atoms with Crippen molar-refractivity contribution in [1.29, 1.82) is 0 Å². The molecule has 0 aromatic heterocycles. The van der Waals surface area contributed by atoms with Gasteiger partial charge in [0.05, 0.1) is 5.56 Å². The molecule has 94 valence electrons. The monoisotopic (exact) mass is 263 g/mol. The van der Waals surface area contributed by atoms with Gasteiger partial charge in [-0.2, -0.15) is 13.2 Å². The SMILES string of the molecule is NC1(CCc2ccc(C(F)(F)F)cc2Cl)CC1. The third kappa shape index (κ3) is 3.13. The van der Waals surface area contributed by atoms with E-state index < -0.39 is 11.7 Å². The van der Waals surface area contributed by atoms with Gasteiger partial charge in [0, 0.05) is 10.6 Å². The lowest BCUT2D eigenvalue weighted by molar-refractivity contribution is -0.137. The van der Waals surface area contributed by atoms with Crippen LogP contribution in [-0.4, -0.2) is 5.54 Å². The number of nitrogens with two attached hydrogens (primary N) is 1. The Morgan fingerprint density at radius 1 is 1.29 bits per heavy atom. The maximum absolute atomic E-state index is 12.4. The summed E-state index contributed by atoms with van der Waals surface area (Å²) < 4.78 is 37.2. The van der Waals surface area contributed by atoms with Gasteiger partial charge in [0.2, 0.25) is 0 Å². The summed E-state index contributed by atoms with van der Waals surface area (Å²) in [6.07, 6.45) is -0.949. The number of benzene rings is 1. The third-order valence-electron chi connectivity index (χ3n) is 3.16. The maximum Gasteiger partial charge on any atom is 0.416 e. The molecule has 1 saturated carbocycles. The molecule has 0 atom stereocenters. The van der Waals surface area contributed by atoms with Gasteiger partial charge < -0.3 is 5.73 Å².